The summed E-state index contributed by atoms with van der Waals surface area (Å²) in [5, 5.41) is 0. The summed E-state index contributed by atoms with van der Waals surface area (Å²) in [5.41, 5.74) is 1.59. The molecule has 2 rings (SSSR count). The maximum atomic E-state index is 10.9. The Morgan fingerprint density at radius 3 is 2.60 bits per heavy atom. The highest BCUT2D eigenvalue weighted by Crippen LogP contribution is 2.45. The lowest BCUT2D eigenvalue weighted by Crippen LogP contribution is -2.21. The SMILES string of the molecule is COCc1cc(OC)c(Br)cc1C1(N=C=O)CCCC1. The van der Waals surface area contributed by atoms with E-state index in [4.69, 9.17) is 9.47 Å². The first-order valence-electron chi connectivity index (χ1n) is 6.61. The van der Waals surface area contributed by atoms with Crippen molar-refractivity contribution >= 4 is 22.0 Å². The van der Waals surface area contributed by atoms with Crippen molar-refractivity contribution in [3.63, 3.8) is 0 Å². The molecular weight excluding hydrogens is 322 g/mol. The number of benzene rings is 1. The summed E-state index contributed by atoms with van der Waals surface area (Å²) < 4.78 is 11.5. The first-order chi connectivity index (χ1) is 9.66. The van der Waals surface area contributed by atoms with E-state index in [1.54, 1.807) is 20.3 Å². The maximum absolute atomic E-state index is 10.9. The van der Waals surface area contributed by atoms with Gasteiger partial charge in [0.25, 0.3) is 0 Å². The van der Waals surface area contributed by atoms with Gasteiger partial charge in [0, 0.05) is 7.11 Å². The zero-order chi connectivity index (χ0) is 14.6. The number of hydrogen-bond donors (Lipinski definition) is 0. The normalized spacial score (nSPS) is 16.8. The number of rotatable bonds is 5. The summed E-state index contributed by atoms with van der Waals surface area (Å²) in [7, 11) is 3.29. The largest absolute Gasteiger partial charge is 0.496 e. The van der Waals surface area contributed by atoms with Gasteiger partial charge in [-0.2, -0.15) is 4.99 Å². The average molecular weight is 340 g/mol. The van der Waals surface area contributed by atoms with Crippen molar-refractivity contribution in [1.82, 2.24) is 0 Å². The highest BCUT2D eigenvalue weighted by Gasteiger charge is 2.37. The Labute approximate surface area is 127 Å². The Hall–Kier alpha value is -1.16. The van der Waals surface area contributed by atoms with Crippen LogP contribution in [0, 0.1) is 0 Å². The van der Waals surface area contributed by atoms with Crippen LogP contribution in [0.1, 0.15) is 36.8 Å². The topological polar surface area (TPSA) is 47.9 Å². The molecule has 0 heterocycles. The van der Waals surface area contributed by atoms with Crippen LogP contribution in [0.3, 0.4) is 0 Å². The Balaban J connectivity index is 2.58. The van der Waals surface area contributed by atoms with Crippen molar-refractivity contribution in [2.75, 3.05) is 14.2 Å². The van der Waals surface area contributed by atoms with E-state index in [1.807, 2.05) is 12.1 Å². The molecule has 0 spiro atoms. The van der Waals surface area contributed by atoms with Crippen molar-refractivity contribution in [3.8, 4) is 5.75 Å². The minimum atomic E-state index is -0.454. The number of ether oxygens (including phenoxy) is 2. The molecular formula is C15H18BrNO3. The van der Waals surface area contributed by atoms with Gasteiger partial charge in [-0.25, -0.2) is 4.79 Å². The van der Waals surface area contributed by atoms with Gasteiger partial charge in [-0.05, 0) is 52.0 Å². The molecule has 20 heavy (non-hydrogen) atoms. The quantitative estimate of drug-likeness (QED) is 0.606. The van der Waals surface area contributed by atoms with Gasteiger partial charge >= 0.3 is 0 Å². The molecule has 1 saturated carbocycles. The van der Waals surface area contributed by atoms with Crippen molar-refractivity contribution < 1.29 is 14.3 Å². The van der Waals surface area contributed by atoms with Crippen LogP contribution in [0.5, 0.6) is 5.75 Å². The first kappa shape index (κ1) is 15.2. The fourth-order valence-electron chi connectivity index (χ4n) is 2.95. The van der Waals surface area contributed by atoms with Crippen LogP contribution in [0.4, 0.5) is 0 Å². The summed E-state index contributed by atoms with van der Waals surface area (Å²) in [4.78, 5) is 15.0. The maximum Gasteiger partial charge on any atom is 0.235 e. The number of halogens is 1. The second-order valence-corrected chi connectivity index (χ2v) is 5.87. The van der Waals surface area contributed by atoms with Crippen molar-refractivity contribution in [3.05, 3.63) is 27.7 Å². The lowest BCUT2D eigenvalue weighted by Gasteiger charge is -2.26. The third-order valence-electron chi connectivity index (χ3n) is 3.87. The van der Waals surface area contributed by atoms with E-state index in [-0.39, 0.29) is 0 Å². The second kappa shape index (κ2) is 6.53. The van der Waals surface area contributed by atoms with E-state index in [0.29, 0.717) is 6.61 Å². The summed E-state index contributed by atoms with van der Waals surface area (Å²) in [6, 6.07) is 3.95. The van der Waals surface area contributed by atoms with Gasteiger partial charge in [-0.15, -0.1) is 0 Å². The van der Waals surface area contributed by atoms with Gasteiger partial charge in [-0.1, -0.05) is 12.8 Å². The van der Waals surface area contributed by atoms with Crippen LogP contribution < -0.4 is 4.74 Å². The van der Waals surface area contributed by atoms with Crippen molar-refractivity contribution in [2.24, 2.45) is 4.99 Å². The molecule has 108 valence electrons. The molecule has 1 aromatic rings. The van der Waals surface area contributed by atoms with Crippen LogP contribution in [-0.2, 0) is 21.7 Å². The lowest BCUT2D eigenvalue weighted by atomic mass is 9.85. The zero-order valence-electron chi connectivity index (χ0n) is 11.7. The van der Waals surface area contributed by atoms with Gasteiger partial charge in [-0.3, -0.25) is 0 Å². The molecule has 0 unspecified atom stereocenters. The number of isocyanates is 1. The average Bonchev–Trinajstić information content (AvgIpc) is 2.90. The molecule has 0 atom stereocenters. The van der Waals surface area contributed by atoms with Crippen LogP contribution in [0.25, 0.3) is 0 Å². The lowest BCUT2D eigenvalue weighted by molar-refractivity contribution is 0.182. The molecule has 0 saturated heterocycles. The molecule has 1 aliphatic rings. The van der Waals surface area contributed by atoms with Gasteiger partial charge < -0.3 is 9.47 Å². The molecule has 1 aliphatic carbocycles. The molecule has 0 bridgehead atoms. The third kappa shape index (κ3) is 2.80. The van der Waals surface area contributed by atoms with Gasteiger partial charge in [0.15, 0.2) is 0 Å². The monoisotopic (exact) mass is 339 g/mol. The smallest absolute Gasteiger partial charge is 0.235 e. The summed E-state index contributed by atoms with van der Waals surface area (Å²) >= 11 is 3.51. The third-order valence-corrected chi connectivity index (χ3v) is 4.49. The van der Waals surface area contributed by atoms with Crippen LogP contribution in [0.15, 0.2) is 21.6 Å². The number of methoxy groups -OCH3 is 2. The molecule has 1 aromatic carbocycles. The Morgan fingerprint density at radius 2 is 2.05 bits per heavy atom. The van der Waals surface area contributed by atoms with Crippen LogP contribution >= 0.6 is 15.9 Å². The molecule has 5 heteroatoms. The molecule has 0 aliphatic heterocycles. The van der Waals surface area contributed by atoms with Crippen LogP contribution in [-0.4, -0.2) is 20.3 Å². The number of carbonyl (C=O) groups excluding carboxylic acids is 1. The molecule has 0 radical (unpaired) electrons. The van der Waals surface area contributed by atoms with Crippen molar-refractivity contribution in [2.45, 2.75) is 37.8 Å². The molecule has 0 N–H and O–H groups in total. The molecule has 4 nitrogen and oxygen atoms in total. The van der Waals surface area contributed by atoms with E-state index >= 15 is 0 Å². The highest BCUT2D eigenvalue weighted by atomic mass is 79.9. The highest BCUT2D eigenvalue weighted by molar-refractivity contribution is 9.10. The predicted molar refractivity (Wildman–Crippen MR) is 79.7 cm³/mol. The van der Waals surface area contributed by atoms with Gasteiger partial charge in [0.05, 0.1) is 23.7 Å². The van der Waals surface area contributed by atoms with E-state index in [2.05, 4.69) is 20.9 Å². The van der Waals surface area contributed by atoms with Gasteiger partial charge in [0.2, 0.25) is 6.08 Å². The summed E-state index contributed by atoms with van der Waals surface area (Å²) in [5.74, 6) is 0.754. The van der Waals surface area contributed by atoms with E-state index in [1.165, 1.54) is 0 Å². The predicted octanol–water partition coefficient (Wildman–Crippen LogP) is 3.71. The standard InChI is InChI=1S/C15H18BrNO3/c1-19-9-11-7-14(20-2)13(16)8-12(11)15(17-10-18)5-3-4-6-15/h7-8H,3-6,9H2,1-2H3. The Kier molecular flexibility index (Phi) is 4.97. The van der Waals surface area contributed by atoms with Crippen LogP contribution in [0.2, 0.25) is 0 Å². The Morgan fingerprint density at radius 1 is 1.35 bits per heavy atom. The Bertz CT molecular complexity index is 532. The second-order valence-electron chi connectivity index (χ2n) is 5.02. The van der Waals surface area contributed by atoms with E-state index in [9.17, 15) is 4.79 Å². The molecule has 0 aromatic heterocycles. The number of aliphatic imine (C=N–C) groups is 1. The minimum Gasteiger partial charge on any atom is -0.496 e. The van der Waals surface area contributed by atoms with E-state index in [0.717, 1.165) is 47.0 Å². The number of hydrogen-bond acceptors (Lipinski definition) is 4. The fraction of sp³-hybridized carbons (Fsp3) is 0.533. The van der Waals surface area contributed by atoms with Gasteiger partial charge in [0.1, 0.15) is 5.75 Å². The first-order valence-corrected chi connectivity index (χ1v) is 7.41. The number of nitrogens with zero attached hydrogens (tertiary/aromatic N) is 1. The minimum absolute atomic E-state index is 0.454. The zero-order valence-corrected chi connectivity index (χ0v) is 13.3. The summed E-state index contributed by atoms with van der Waals surface area (Å²) in [6.07, 6.45) is 5.64. The fourth-order valence-corrected chi connectivity index (χ4v) is 3.45. The van der Waals surface area contributed by atoms with Crippen molar-refractivity contribution in [1.29, 1.82) is 0 Å². The summed E-state index contributed by atoms with van der Waals surface area (Å²) in [6.45, 7) is 0.467. The molecule has 1 fully saturated rings. The van der Waals surface area contributed by atoms with E-state index < -0.39 is 5.54 Å². The molecule has 0 amide bonds.